The molecule has 1 N–H and O–H groups in total. The van der Waals surface area contributed by atoms with Crippen molar-refractivity contribution in [3.63, 3.8) is 0 Å². The number of carbonyl (C=O) groups excluding carboxylic acids is 1. The van der Waals surface area contributed by atoms with E-state index in [4.69, 9.17) is 5.21 Å². The Morgan fingerprint density at radius 3 is 2.46 bits per heavy atom. The van der Waals surface area contributed by atoms with Gasteiger partial charge in [0.25, 0.3) is 0 Å². The van der Waals surface area contributed by atoms with Gasteiger partial charge in [-0.25, -0.2) is 0 Å². The molecule has 0 saturated heterocycles. The first-order chi connectivity index (χ1) is 6.06. The molecule has 0 aliphatic heterocycles. The lowest BCUT2D eigenvalue weighted by molar-refractivity contribution is -0.111. The van der Waals surface area contributed by atoms with Crippen LogP contribution in [-0.2, 0) is 4.79 Å². The molecule has 1 aliphatic carbocycles. The van der Waals surface area contributed by atoms with Gasteiger partial charge in [-0.3, -0.25) is 4.79 Å². The highest BCUT2D eigenvalue weighted by molar-refractivity contribution is 6.21. The van der Waals surface area contributed by atoms with E-state index in [2.05, 4.69) is 5.16 Å². The predicted molar refractivity (Wildman–Crippen MR) is 50.9 cm³/mol. The maximum Gasteiger partial charge on any atom is 0.182 e. The summed E-state index contributed by atoms with van der Waals surface area (Å²) in [5.41, 5.74) is 1.87. The highest BCUT2D eigenvalue weighted by atomic mass is 16.4. The van der Waals surface area contributed by atoms with Gasteiger partial charge in [0.15, 0.2) is 5.78 Å². The molecule has 0 amide bonds. The van der Waals surface area contributed by atoms with E-state index in [1.807, 2.05) is 13.8 Å². The van der Waals surface area contributed by atoms with Crippen LogP contribution in [0.15, 0.2) is 28.5 Å². The summed E-state index contributed by atoms with van der Waals surface area (Å²) >= 11 is 0. The number of rotatable bonds is 1. The number of hydrogen-bond donors (Lipinski definition) is 1. The van der Waals surface area contributed by atoms with Gasteiger partial charge in [-0.1, -0.05) is 19.0 Å². The average Bonchev–Trinajstić information content (AvgIpc) is 2.03. The summed E-state index contributed by atoms with van der Waals surface area (Å²) in [6.45, 7) is 5.63. The molecule has 0 aromatic carbocycles. The van der Waals surface area contributed by atoms with Crippen molar-refractivity contribution in [2.45, 2.75) is 20.8 Å². The lowest BCUT2D eigenvalue weighted by atomic mass is 9.90. The summed E-state index contributed by atoms with van der Waals surface area (Å²) < 4.78 is 0. The summed E-state index contributed by atoms with van der Waals surface area (Å²) in [7, 11) is 0. The molecular weight excluding hydrogens is 166 g/mol. The van der Waals surface area contributed by atoms with Crippen molar-refractivity contribution in [2.75, 3.05) is 0 Å². The van der Waals surface area contributed by atoms with Gasteiger partial charge in [0, 0.05) is 5.57 Å². The van der Waals surface area contributed by atoms with Gasteiger partial charge in [-0.15, -0.1) is 0 Å². The largest absolute Gasteiger partial charge is 0.410 e. The van der Waals surface area contributed by atoms with Crippen LogP contribution >= 0.6 is 0 Å². The molecule has 3 nitrogen and oxygen atoms in total. The van der Waals surface area contributed by atoms with E-state index in [0.29, 0.717) is 16.9 Å². The van der Waals surface area contributed by atoms with Crippen LogP contribution in [-0.4, -0.2) is 16.7 Å². The molecule has 1 aliphatic rings. The first kappa shape index (κ1) is 9.71. The number of oxime groups is 1. The molecule has 13 heavy (non-hydrogen) atoms. The summed E-state index contributed by atoms with van der Waals surface area (Å²) in [6, 6.07) is 0. The molecule has 0 unspecified atom stereocenters. The van der Waals surface area contributed by atoms with Crippen LogP contribution in [0.1, 0.15) is 20.8 Å². The van der Waals surface area contributed by atoms with E-state index >= 15 is 0 Å². The minimum Gasteiger partial charge on any atom is -0.410 e. The molecule has 0 fully saturated rings. The summed E-state index contributed by atoms with van der Waals surface area (Å²) in [6.07, 6.45) is 3.15. The lowest BCUT2D eigenvalue weighted by Crippen LogP contribution is -2.15. The number of hydrogen-bond acceptors (Lipinski definition) is 3. The van der Waals surface area contributed by atoms with Crippen molar-refractivity contribution >= 4 is 11.5 Å². The SMILES string of the molecule is CC1=CC(=O)C(C(C)C)=C/C1=N/O. The standard InChI is InChI=1S/C10H13NO2/c1-6(2)8-5-9(11-13)7(3)4-10(8)12/h4-6,13H,1-3H3/b11-9-. The third kappa shape index (κ3) is 1.86. The Kier molecular flexibility index (Phi) is 2.66. The zero-order valence-electron chi connectivity index (χ0n) is 8.03. The number of carbonyl (C=O) groups is 1. The van der Waals surface area contributed by atoms with Crippen molar-refractivity contribution in [3.8, 4) is 0 Å². The maximum atomic E-state index is 11.4. The molecule has 0 atom stereocenters. The first-order valence-electron chi connectivity index (χ1n) is 4.23. The fraction of sp³-hybridized carbons (Fsp3) is 0.400. The van der Waals surface area contributed by atoms with Crippen molar-refractivity contribution in [3.05, 3.63) is 23.3 Å². The Balaban J connectivity index is 3.09. The summed E-state index contributed by atoms with van der Waals surface area (Å²) in [5.74, 6) is 0.175. The van der Waals surface area contributed by atoms with Crippen LogP contribution in [0.3, 0.4) is 0 Å². The smallest absolute Gasteiger partial charge is 0.182 e. The molecular formula is C10H13NO2. The fourth-order valence-corrected chi connectivity index (χ4v) is 1.25. The van der Waals surface area contributed by atoms with Crippen molar-refractivity contribution in [2.24, 2.45) is 11.1 Å². The van der Waals surface area contributed by atoms with Crippen molar-refractivity contribution in [1.29, 1.82) is 0 Å². The molecule has 0 heterocycles. The second-order valence-electron chi connectivity index (χ2n) is 3.43. The van der Waals surface area contributed by atoms with Gasteiger partial charge in [0.2, 0.25) is 0 Å². The zero-order chi connectivity index (χ0) is 10.0. The monoisotopic (exact) mass is 179 g/mol. The van der Waals surface area contributed by atoms with Gasteiger partial charge < -0.3 is 5.21 Å². The Morgan fingerprint density at radius 1 is 1.38 bits per heavy atom. The van der Waals surface area contributed by atoms with Gasteiger partial charge in [0.05, 0.1) is 0 Å². The van der Waals surface area contributed by atoms with Crippen molar-refractivity contribution in [1.82, 2.24) is 0 Å². The second-order valence-corrected chi connectivity index (χ2v) is 3.43. The Morgan fingerprint density at radius 2 is 2.00 bits per heavy atom. The lowest BCUT2D eigenvalue weighted by Gasteiger charge is -2.13. The van der Waals surface area contributed by atoms with Gasteiger partial charge in [-0.05, 0) is 30.6 Å². The van der Waals surface area contributed by atoms with E-state index in [9.17, 15) is 4.79 Å². The quantitative estimate of drug-likeness (QED) is 0.380. The molecule has 70 valence electrons. The van der Waals surface area contributed by atoms with E-state index in [1.54, 1.807) is 13.0 Å². The topological polar surface area (TPSA) is 49.7 Å². The van der Waals surface area contributed by atoms with Crippen LogP contribution in [0.2, 0.25) is 0 Å². The molecule has 0 aromatic rings. The van der Waals surface area contributed by atoms with E-state index < -0.39 is 0 Å². The van der Waals surface area contributed by atoms with Gasteiger partial charge in [-0.2, -0.15) is 0 Å². The van der Waals surface area contributed by atoms with E-state index in [1.165, 1.54) is 6.08 Å². The first-order valence-corrected chi connectivity index (χ1v) is 4.23. The van der Waals surface area contributed by atoms with Crippen LogP contribution < -0.4 is 0 Å². The Labute approximate surface area is 77.4 Å². The third-order valence-corrected chi connectivity index (χ3v) is 2.06. The molecule has 0 spiro atoms. The zero-order valence-corrected chi connectivity index (χ0v) is 8.03. The summed E-state index contributed by atoms with van der Waals surface area (Å²) in [5, 5.41) is 11.8. The number of nitrogens with zero attached hydrogens (tertiary/aromatic N) is 1. The highest BCUT2D eigenvalue weighted by Crippen LogP contribution is 2.18. The van der Waals surface area contributed by atoms with Crippen LogP contribution in [0.4, 0.5) is 0 Å². The van der Waals surface area contributed by atoms with Gasteiger partial charge >= 0.3 is 0 Å². The number of allylic oxidation sites excluding steroid dienone is 4. The Hall–Kier alpha value is -1.38. The molecule has 0 aromatic heterocycles. The van der Waals surface area contributed by atoms with Crippen LogP contribution in [0, 0.1) is 5.92 Å². The normalized spacial score (nSPS) is 20.6. The second kappa shape index (κ2) is 3.56. The molecule has 1 rings (SSSR count). The van der Waals surface area contributed by atoms with Gasteiger partial charge in [0.1, 0.15) is 5.71 Å². The minimum absolute atomic E-state index is 0.0138. The van der Waals surface area contributed by atoms with E-state index in [-0.39, 0.29) is 11.7 Å². The highest BCUT2D eigenvalue weighted by Gasteiger charge is 2.18. The van der Waals surface area contributed by atoms with Crippen LogP contribution in [0.25, 0.3) is 0 Å². The van der Waals surface area contributed by atoms with Crippen LogP contribution in [0.5, 0.6) is 0 Å². The predicted octanol–water partition coefficient (Wildman–Crippen LogP) is 1.93. The maximum absolute atomic E-state index is 11.4. The molecule has 0 saturated carbocycles. The number of ketones is 1. The molecule has 0 radical (unpaired) electrons. The third-order valence-electron chi connectivity index (χ3n) is 2.06. The van der Waals surface area contributed by atoms with Crippen molar-refractivity contribution < 1.29 is 10.0 Å². The minimum atomic E-state index is 0.0138. The summed E-state index contributed by atoms with van der Waals surface area (Å²) in [4.78, 5) is 11.4. The average molecular weight is 179 g/mol. The fourth-order valence-electron chi connectivity index (χ4n) is 1.25. The molecule has 0 bridgehead atoms. The molecule has 3 heteroatoms. The Bertz CT molecular complexity index is 322. The van der Waals surface area contributed by atoms with E-state index in [0.717, 1.165) is 0 Å².